The highest BCUT2D eigenvalue weighted by molar-refractivity contribution is 7.99. The van der Waals surface area contributed by atoms with Crippen molar-refractivity contribution in [1.29, 1.82) is 0 Å². The number of primary sulfonamides is 1. The third kappa shape index (κ3) is 4.25. The topological polar surface area (TPSA) is 140 Å². The van der Waals surface area contributed by atoms with Crippen molar-refractivity contribution in [3.63, 3.8) is 0 Å². The number of thioether (sulfide) groups is 1. The van der Waals surface area contributed by atoms with Crippen LogP contribution in [0.3, 0.4) is 0 Å². The number of carbonyl (C=O) groups is 1. The fourth-order valence-electron chi connectivity index (χ4n) is 3.58. The van der Waals surface area contributed by atoms with Crippen LogP contribution in [0.4, 0.5) is 5.69 Å². The zero-order valence-electron chi connectivity index (χ0n) is 15.5. The number of benzene rings is 1. The highest BCUT2D eigenvalue weighted by Crippen LogP contribution is 2.31. The summed E-state index contributed by atoms with van der Waals surface area (Å²) in [4.78, 5) is 26.4. The van der Waals surface area contributed by atoms with Crippen molar-refractivity contribution in [3.8, 4) is 0 Å². The molecule has 10 nitrogen and oxygen atoms in total. The van der Waals surface area contributed by atoms with Crippen LogP contribution in [0.5, 0.6) is 0 Å². The van der Waals surface area contributed by atoms with Crippen LogP contribution >= 0.6 is 11.8 Å². The summed E-state index contributed by atoms with van der Waals surface area (Å²) in [7, 11) is -3.78. The lowest BCUT2D eigenvalue weighted by molar-refractivity contribution is -0.116. The number of sulfonamides is 1. The standard InChI is InChI=1S/C17H21N5O5S2/c18-29(25,26)13-3-4-14-11(8-13)5-6-21(14)15(23)10-28-17-20-19-16(24)22(17)9-12-2-1-7-27-12/h3-4,8,12H,1-2,5-7,9-10H2,(H,19,24)(H2,18,25,26). The van der Waals surface area contributed by atoms with E-state index >= 15 is 0 Å². The molecule has 12 heteroatoms. The number of aromatic amines is 1. The van der Waals surface area contributed by atoms with E-state index in [9.17, 15) is 18.0 Å². The normalized spacial score (nSPS) is 18.9. The van der Waals surface area contributed by atoms with Crippen molar-refractivity contribution in [3.05, 3.63) is 34.2 Å². The molecule has 1 aromatic heterocycles. The zero-order valence-corrected chi connectivity index (χ0v) is 17.2. The molecule has 2 aliphatic heterocycles. The number of anilines is 1. The van der Waals surface area contributed by atoms with Gasteiger partial charge in [0.2, 0.25) is 15.9 Å². The number of H-pyrrole nitrogens is 1. The number of nitrogens with two attached hydrogens (primary N) is 1. The molecule has 1 atom stereocenters. The van der Waals surface area contributed by atoms with Gasteiger partial charge < -0.3 is 9.64 Å². The molecular weight excluding hydrogens is 418 g/mol. The van der Waals surface area contributed by atoms with Gasteiger partial charge in [-0.2, -0.15) is 0 Å². The summed E-state index contributed by atoms with van der Waals surface area (Å²) in [5.74, 6) is -0.0390. The van der Waals surface area contributed by atoms with Crippen LogP contribution in [0.15, 0.2) is 33.0 Å². The van der Waals surface area contributed by atoms with Crippen LogP contribution in [0.1, 0.15) is 18.4 Å². The van der Waals surface area contributed by atoms with Crippen LogP contribution in [0, 0.1) is 0 Å². The number of ether oxygens (including phenoxy) is 1. The van der Waals surface area contributed by atoms with E-state index in [1.165, 1.54) is 28.5 Å². The second-order valence-electron chi connectivity index (χ2n) is 6.98. The van der Waals surface area contributed by atoms with Crippen molar-refractivity contribution in [1.82, 2.24) is 14.8 Å². The quantitative estimate of drug-likeness (QED) is 0.607. The summed E-state index contributed by atoms with van der Waals surface area (Å²) < 4.78 is 30.1. The number of hydrogen-bond donors (Lipinski definition) is 2. The number of carbonyl (C=O) groups excluding carboxylic acids is 1. The van der Waals surface area contributed by atoms with Gasteiger partial charge in [-0.05, 0) is 43.0 Å². The van der Waals surface area contributed by atoms with E-state index in [0.29, 0.717) is 37.0 Å². The molecule has 3 N–H and O–H groups in total. The van der Waals surface area contributed by atoms with Crippen molar-refractivity contribution < 1.29 is 17.9 Å². The molecule has 0 spiro atoms. The number of amides is 1. The predicted octanol–water partition coefficient (Wildman–Crippen LogP) is 0.0792. The Labute approximate surface area is 171 Å². The smallest absolute Gasteiger partial charge is 0.344 e. The Hall–Kier alpha value is -2.15. The molecule has 0 radical (unpaired) electrons. The number of hydrogen-bond acceptors (Lipinski definition) is 7. The van der Waals surface area contributed by atoms with Gasteiger partial charge in [0.05, 0.1) is 23.3 Å². The fourth-order valence-corrected chi connectivity index (χ4v) is 4.98. The molecule has 0 saturated carbocycles. The Morgan fingerprint density at radius 3 is 2.97 bits per heavy atom. The molecule has 4 rings (SSSR count). The summed E-state index contributed by atoms with van der Waals surface area (Å²) in [6.45, 7) is 1.57. The van der Waals surface area contributed by atoms with Crippen molar-refractivity contribution >= 4 is 33.4 Å². The first-order valence-corrected chi connectivity index (χ1v) is 11.7. The second-order valence-corrected chi connectivity index (χ2v) is 9.48. The van der Waals surface area contributed by atoms with Gasteiger partial charge in [-0.25, -0.2) is 23.4 Å². The van der Waals surface area contributed by atoms with Gasteiger partial charge in [-0.15, -0.1) is 5.10 Å². The van der Waals surface area contributed by atoms with Gasteiger partial charge in [0.1, 0.15) is 0 Å². The van der Waals surface area contributed by atoms with Crippen LogP contribution in [0.2, 0.25) is 0 Å². The van der Waals surface area contributed by atoms with Gasteiger partial charge in [-0.1, -0.05) is 11.8 Å². The summed E-state index contributed by atoms with van der Waals surface area (Å²) in [5.41, 5.74) is 1.13. The zero-order chi connectivity index (χ0) is 20.6. The molecule has 1 unspecified atom stereocenters. The Bertz CT molecular complexity index is 1090. The van der Waals surface area contributed by atoms with Gasteiger partial charge >= 0.3 is 5.69 Å². The van der Waals surface area contributed by atoms with E-state index in [-0.39, 0.29) is 28.3 Å². The minimum atomic E-state index is -3.78. The Kier molecular flexibility index (Phi) is 5.51. The van der Waals surface area contributed by atoms with Crippen LogP contribution in [0.25, 0.3) is 0 Å². The fraction of sp³-hybridized carbons (Fsp3) is 0.471. The molecule has 2 aliphatic rings. The van der Waals surface area contributed by atoms with E-state index in [1.807, 2.05) is 0 Å². The summed E-state index contributed by atoms with van der Waals surface area (Å²) >= 11 is 1.19. The number of nitrogens with zero attached hydrogens (tertiary/aromatic N) is 3. The van der Waals surface area contributed by atoms with E-state index in [2.05, 4.69) is 10.2 Å². The predicted molar refractivity (Wildman–Crippen MR) is 106 cm³/mol. The van der Waals surface area contributed by atoms with Crippen molar-refractivity contribution in [2.45, 2.75) is 42.0 Å². The third-order valence-corrected chi connectivity index (χ3v) is 6.91. The Morgan fingerprint density at radius 1 is 1.41 bits per heavy atom. The summed E-state index contributed by atoms with van der Waals surface area (Å²) in [6, 6.07) is 4.52. The highest BCUT2D eigenvalue weighted by atomic mass is 32.2. The average Bonchev–Trinajstić information content (AvgIpc) is 3.40. The molecule has 1 saturated heterocycles. The SMILES string of the molecule is NS(=O)(=O)c1ccc2c(c1)CCN2C(=O)CSc1n[nH]c(=O)n1CC1CCCO1. The Morgan fingerprint density at radius 2 is 2.24 bits per heavy atom. The number of fused-ring (bicyclic) bond motifs is 1. The average molecular weight is 440 g/mol. The third-order valence-electron chi connectivity index (χ3n) is 5.03. The molecule has 29 heavy (non-hydrogen) atoms. The number of nitrogens with one attached hydrogen (secondary N) is 1. The maximum absolute atomic E-state index is 12.7. The van der Waals surface area contributed by atoms with E-state index < -0.39 is 10.0 Å². The maximum Gasteiger partial charge on any atom is 0.344 e. The molecule has 156 valence electrons. The lowest BCUT2D eigenvalue weighted by atomic mass is 10.2. The second kappa shape index (κ2) is 7.94. The minimum absolute atomic E-state index is 0.0150. The molecule has 1 aromatic carbocycles. The van der Waals surface area contributed by atoms with Gasteiger partial charge in [0.25, 0.3) is 0 Å². The molecular formula is C17H21N5O5S2. The number of aromatic nitrogens is 3. The van der Waals surface area contributed by atoms with Gasteiger partial charge in [-0.3, -0.25) is 9.36 Å². The van der Waals surface area contributed by atoms with Crippen LogP contribution in [-0.4, -0.2) is 54.1 Å². The van der Waals surface area contributed by atoms with Crippen molar-refractivity contribution in [2.24, 2.45) is 5.14 Å². The lowest BCUT2D eigenvalue weighted by Gasteiger charge is -2.17. The first-order valence-electron chi connectivity index (χ1n) is 9.18. The van der Waals surface area contributed by atoms with Crippen molar-refractivity contribution in [2.75, 3.05) is 23.8 Å². The molecule has 3 heterocycles. The van der Waals surface area contributed by atoms with E-state index in [0.717, 1.165) is 18.4 Å². The summed E-state index contributed by atoms with van der Waals surface area (Å²) in [6.07, 6.45) is 2.41. The van der Waals surface area contributed by atoms with E-state index in [4.69, 9.17) is 9.88 Å². The first-order chi connectivity index (χ1) is 13.8. The van der Waals surface area contributed by atoms with Crippen LogP contribution in [-0.2, 0) is 32.5 Å². The molecule has 0 bridgehead atoms. The maximum atomic E-state index is 12.7. The summed E-state index contributed by atoms with van der Waals surface area (Å²) in [5, 5.41) is 12.1. The van der Waals surface area contributed by atoms with Crippen LogP contribution < -0.4 is 15.7 Å². The van der Waals surface area contributed by atoms with E-state index in [1.54, 1.807) is 11.0 Å². The monoisotopic (exact) mass is 439 g/mol. The first kappa shape index (κ1) is 20.1. The molecule has 0 aliphatic carbocycles. The van der Waals surface area contributed by atoms with Gasteiger partial charge in [0, 0.05) is 18.8 Å². The minimum Gasteiger partial charge on any atom is -0.376 e. The number of rotatable bonds is 6. The molecule has 1 amide bonds. The molecule has 1 fully saturated rings. The highest BCUT2D eigenvalue weighted by Gasteiger charge is 2.27. The van der Waals surface area contributed by atoms with Gasteiger partial charge in [0.15, 0.2) is 5.16 Å². The largest absolute Gasteiger partial charge is 0.376 e. The lowest BCUT2D eigenvalue weighted by Crippen LogP contribution is -2.31. The Balaban J connectivity index is 1.44. The molecule has 2 aromatic rings.